The summed E-state index contributed by atoms with van der Waals surface area (Å²) in [6, 6.07) is 1.17. The summed E-state index contributed by atoms with van der Waals surface area (Å²) < 4.78 is 27.7. The molecule has 7 heteroatoms. The van der Waals surface area contributed by atoms with E-state index in [2.05, 4.69) is 12.2 Å². The molecule has 0 radical (unpaired) electrons. The van der Waals surface area contributed by atoms with E-state index in [1.807, 2.05) is 0 Å². The predicted octanol–water partition coefficient (Wildman–Crippen LogP) is 2.83. The van der Waals surface area contributed by atoms with Crippen LogP contribution in [0.2, 0.25) is 0 Å². The third-order valence-electron chi connectivity index (χ3n) is 3.72. The second-order valence-corrected chi connectivity index (χ2v) is 7.94. The first-order valence-electron chi connectivity index (χ1n) is 6.61. The Bertz CT molecular complexity index is 616. The van der Waals surface area contributed by atoms with Crippen LogP contribution in [0.25, 0.3) is 0 Å². The standard InChI is InChI=1S/C13H18ClNO4S/c1-3-4-13(5-6-13)8-15-12(16)10-7-11(9(2)19-10)20(14,17)18/h7H,3-6,8H2,1-2H3,(H,15,16). The summed E-state index contributed by atoms with van der Waals surface area (Å²) in [4.78, 5) is 11.8. The topological polar surface area (TPSA) is 76.4 Å². The molecule has 1 amide bonds. The van der Waals surface area contributed by atoms with E-state index >= 15 is 0 Å². The number of halogens is 1. The van der Waals surface area contributed by atoms with Crippen molar-refractivity contribution in [2.45, 2.75) is 44.4 Å². The van der Waals surface area contributed by atoms with Crippen molar-refractivity contribution in [2.75, 3.05) is 6.54 Å². The van der Waals surface area contributed by atoms with Crippen LogP contribution in [-0.2, 0) is 9.05 Å². The quantitative estimate of drug-likeness (QED) is 0.818. The van der Waals surface area contributed by atoms with Crippen LogP contribution in [0.5, 0.6) is 0 Å². The van der Waals surface area contributed by atoms with Gasteiger partial charge in [-0.05, 0) is 31.6 Å². The number of hydrogen-bond donors (Lipinski definition) is 1. The van der Waals surface area contributed by atoms with Crippen LogP contribution in [0.3, 0.4) is 0 Å². The molecule has 0 atom stereocenters. The van der Waals surface area contributed by atoms with Gasteiger partial charge in [-0.15, -0.1) is 0 Å². The molecule has 1 aromatic rings. The van der Waals surface area contributed by atoms with Crippen molar-refractivity contribution in [3.05, 3.63) is 17.6 Å². The number of carbonyl (C=O) groups is 1. The minimum atomic E-state index is -3.89. The number of rotatable bonds is 6. The molecule has 1 aliphatic rings. The molecule has 0 bridgehead atoms. The molecule has 112 valence electrons. The molecule has 1 aliphatic carbocycles. The third kappa shape index (κ3) is 3.35. The average Bonchev–Trinajstić information content (AvgIpc) is 2.98. The van der Waals surface area contributed by atoms with Crippen LogP contribution in [0.15, 0.2) is 15.4 Å². The van der Waals surface area contributed by atoms with Gasteiger partial charge in [-0.25, -0.2) is 8.42 Å². The lowest BCUT2D eigenvalue weighted by atomic mass is 10.0. The zero-order chi connectivity index (χ0) is 15.0. The molecule has 0 spiro atoms. The highest BCUT2D eigenvalue weighted by atomic mass is 35.7. The van der Waals surface area contributed by atoms with Crippen LogP contribution >= 0.6 is 10.7 Å². The van der Waals surface area contributed by atoms with Gasteiger partial charge in [0.2, 0.25) is 0 Å². The molecule has 0 aromatic carbocycles. The van der Waals surface area contributed by atoms with Crippen molar-refractivity contribution < 1.29 is 17.6 Å². The Morgan fingerprint density at radius 1 is 1.50 bits per heavy atom. The summed E-state index contributed by atoms with van der Waals surface area (Å²) in [5.74, 6) is -0.295. The second-order valence-electron chi connectivity index (χ2n) is 5.40. The Labute approximate surface area is 123 Å². The number of nitrogens with one attached hydrogen (secondary N) is 1. The van der Waals surface area contributed by atoms with E-state index in [-0.39, 0.29) is 21.8 Å². The zero-order valence-corrected chi connectivity index (χ0v) is 13.1. The normalized spacial score (nSPS) is 16.9. The summed E-state index contributed by atoms with van der Waals surface area (Å²) in [5, 5.41) is 2.81. The van der Waals surface area contributed by atoms with Crippen LogP contribution < -0.4 is 5.32 Å². The number of carbonyl (C=O) groups excluding carboxylic acids is 1. The molecule has 0 unspecified atom stereocenters. The van der Waals surface area contributed by atoms with Crippen molar-refractivity contribution in [3.8, 4) is 0 Å². The molecule has 0 aliphatic heterocycles. The smallest absolute Gasteiger partial charge is 0.287 e. The van der Waals surface area contributed by atoms with Gasteiger partial charge in [0, 0.05) is 23.3 Å². The minimum Gasteiger partial charge on any atom is -0.455 e. The number of hydrogen-bond acceptors (Lipinski definition) is 4. The van der Waals surface area contributed by atoms with E-state index in [0.717, 1.165) is 25.7 Å². The minimum absolute atomic E-state index is 0.0194. The van der Waals surface area contributed by atoms with Gasteiger partial charge in [-0.3, -0.25) is 4.79 Å². The Morgan fingerprint density at radius 2 is 2.15 bits per heavy atom. The molecule has 20 heavy (non-hydrogen) atoms. The molecule has 5 nitrogen and oxygen atoms in total. The van der Waals surface area contributed by atoms with Gasteiger partial charge in [0.1, 0.15) is 10.7 Å². The van der Waals surface area contributed by atoms with Crippen LogP contribution in [0.4, 0.5) is 0 Å². The van der Waals surface area contributed by atoms with E-state index in [1.54, 1.807) is 0 Å². The molecule has 1 aromatic heterocycles. The highest BCUT2D eigenvalue weighted by Crippen LogP contribution is 2.48. The van der Waals surface area contributed by atoms with E-state index < -0.39 is 15.0 Å². The van der Waals surface area contributed by atoms with Gasteiger partial charge in [0.15, 0.2) is 5.76 Å². The molecule has 0 saturated heterocycles. The van der Waals surface area contributed by atoms with Gasteiger partial charge >= 0.3 is 0 Å². The molecular weight excluding hydrogens is 302 g/mol. The lowest BCUT2D eigenvalue weighted by molar-refractivity contribution is 0.0914. The number of amides is 1. The van der Waals surface area contributed by atoms with Gasteiger partial charge < -0.3 is 9.73 Å². The first-order valence-corrected chi connectivity index (χ1v) is 8.92. The van der Waals surface area contributed by atoms with Crippen LogP contribution in [-0.4, -0.2) is 20.9 Å². The zero-order valence-electron chi connectivity index (χ0n) is 11.5. The summed E-state index contributed by atoms with van der Waals surface area (Å²) in [6.45, 7) is 4.18. The summed E-state index contributed by atoms with van der Waals surface area (Å²) in [5.41, 5.74) is 0.230. The van der Waals surface area contributed by atoms with Crippen molar-refractivity contribution >= 4 is 25.6 Å². The Kier molecular flexibility index (Phi) is 4.16. The molecule has 1 fully saturated rings. The first-order chi connectivity index (χ1) is 9.27. The number of aryl methyl sites for hydroxylation is 1. The van der Waals surface area contributed by atoms with Crippen molar-refractivity contribution in [3.63, 3.8) is 0 Å². The SMILES string of the molecule is CCCC1(CNC(=O)c2cc(S(=O)(=O)Cl)c(C)o2)CC1. The van der Waals surface area contributed by atoms with Crippen molar-refractivity contribution in [2.24, 2.45) is 5.41 Å². The van der Waals surface area contributed by atoms with Gasteiger partial charge in [-0.2, -0.15) is 0 Å². The highest BCUT2D eigenvalue weighted by molar-refractivity contribution is 8.13. The van der Waals surface area contributed by atoms with Gasteiger partial charge in [0.05, 0.1) is 0 Å². The summed E-state index contributed by atoms with van der Waals surface area (Å²) >= 11 is 0. The fraction of sp³-hybridized carbons (Fsp3) is 0.615. The second kappa shape index (κ2) is 5.41. The largest absolute Gasteiger partial charge is 0.455 e. The van der Waals surface area contributed by atoms with E-state index in [9.17, 15) is 13.2 Å². The fourth-order valence-corrected chi connectivity index (χ4v) is 3.49. The summed E-state index contributed by atoms with van der Waals surface area (Å²) in [6.07, 6.45) is 4.43. The molecular formula is C13H18ClNO4S. The average molecular weight is 320 g/mol. The lowest BCUT2D eigenvalue weighted by Crippen LogP contribution is -2.29. The third-order valence-corrected chi connectivity index (χ3v) is 5.15. The van der Waals surface area contributed by atoms with E-state index in [1.165, 1.54) is 13.0 Å². The fourth-order valence-electron chi connectivity index (χ4n) is 2.40. The Balaban J connectivity index is 2.04. The predicted molar refractivity (Wildman–Crippen MR) is 75.4 cm³/mol. The van der Waals surface area contributed by atoms with E-state index in [0.29, 0.717) is 6.54 Å². The Morgan fingerprint density at radius 3 is 2.60 bits per heavy atom. The number of furan rings is 1. The van der Waals surface area contributed by atoms with Gasteiger partial charge in [0.25, 0.3) is 15.0 Å². The van der Waals surface area contributed by atoms with Crippen molar-refractivity contribution in [1.82, 2.24) is 5.32 Å². The Hall–Kier alpha value is -1.01. The summed E-state index contributed by atoms with van der Waals surface area (Å²) in [7, 11) is 1.38. The maximum Gasteiger partial charge on any atom is 0.287 e. The molecule has 1 heterocycles. The maximum absolute atomic E-state index is 12.0. The molecule has 2 rings (SSSR count). The van der Waals surface area contributed by atoms with Crippen LogP contribution in [0.1, 0.15) is 48.9 Å². The van der Waals surface area contributed by atoms with Gasteiger partial charge in [-0.1, -0.05) is 13.3 Å². The molecule has 1 N–H and O–H groups in total. The van der Waals surface area contributed by atoms with Crippen LogP contribution in [0, 0.1) is 12.3 Å². The van der Waals surface area contributed by atoms with Crippen molar-refractivity contribution in [1.29, 1.82) is 0 Å². The molecule has 1 saturated carbocycles. The monoisotopic (exact) mass is 319 g/mol. The lowest BCUT2D eigenvalue weighted by Gasteiger charge is -2.13. The maximum atomic E-state index is 12.0. The first kappa shape index (κ1) is 15.4. The van der Waals surface area contributed by atoms with E-state index in [4.69, 9.17) is 15.1 Å². The highest BCUT2D eigenvalue weighted by Gasteiger charge is 2.41.